The van der Waals surface area contributed by atoms with Crippen molar-refractivity contribution in [3.8, 4) is 0 Å². The van der Waals surface area contributed by atoms with E-state index in [-0.39, 0.29) is 7.92 Å². The van der Waals surface area contributed by atoms with E-state index in [0.717, 1.165) is 29.1 Å². The van der Waals surface area contributed by atoms with Gasteiger partial charge in [0.1, 0.15) is 0 Å². The van der Waals surface area contributed by atoms with Crippen LogP contribution in [-0.2, 0) is 0 Å². The maximum atomic E-state index is 2.45. The second kappa shape index (κ2) is 4.64. The summed E-state index contributed by atoms with van der Waals surface area (Å²) in [6.07, 6.45) is 2.86. The van der Waals surface area contributed by atoms with Crippen LogP contribution in [-0.4, -0.2) is 11.3 Å². The van der Waals surface area contributed by atoms with Gasteiger partial charge in [-0.15, -0.1) is 0 Å². The molecule has 1 aromatic carbocycles. The molecule has 1 heterocycles. The minimum Gasteiger partial charge on any atom is -0.0692 e. The Balaban J connectivity index is 1.95. The van der Waals surface area contributed by atoms with Crippen molar-refractivity contribution in [2.75, 3.05) is 0 Å². The normalized spacial score (nSPS) is 43.1. The maximum Gasteiger partial charge on any atom is -0.0104 e. The van der Waals surface area contributed by atoms with Crippen molar-refractivity contribution in [1.82, 2.24) is 0 Å². The first-order chi connectivity index (χ1) is 8.59. The van der Waals surface area contributed by atoms with E-state index in [1.165, 1.54) is 12.8 Å². The van der Waals surface area contributed by atoms with Gasteiger partial charge in [0, 0.05) is 0 Å². The molecule has 0 bridgehead atoms. The predicted molar refractivity (Wildman–Crippen MR) is 82.2 cm³/mol. The van der Waals surface area contributed by atoms with E-state index in [1.54, 1.807) is 10.9 Å². The van der Waals surface area contributed by atoms with Crippen molar-refractivity contribution in [1.29, 1.82) is 0 Å². The van der Waals surface area contributed by atoms with Gasteiger partial charge in [-0.05, 0) is 52.8 Å². The average Bonchev–Trinajstić information content (AvgIpc) is 2.31. The zero-order chi connectivity index (χ0) is 12.9. The molecular formula is C17H25P. The molecule has 1 saturated carbocycles. The summed E-state index contributed by atoms with van der Waals surface area (Å²) in [5, 5.41) is 1.74. The van der Waals surface area contributed by atoms with Crippen LogP contribution in [0.1, 0.15) is 52.0 Å². The quantitative estimate of drug-likeness (QED) is 0.674. The number of benzene rings is 1. The van der Waals surface area contributed by atoms with Crippen molar-refractivity contribution in [2.24, 2.45) is 11.8 Å². The molecule has 98 valence electrons. The van der Waals surface area contributed by atoms with Crippen LogP contribution in [0.5, 0.6) is 0 Å². The Hall–Kier alpha value is -0.350. The molecule has 1 aliphatic heterocycles. The topological polar surface area (TPSA) is 0 Å². The lowest BCUT2D eigenvalue weighted by atomic mass is 9.63. The fourth-order valence-corrected chi connectivity index (χ4v) is 7.65. The summed E-state index contributed by atoms with van der Waals surface area (Å²) < 4.78 is 0. The minimum absolute atomic E-state index is 0.121. The number of hydrogen-bond donors (Lipinski definition) is 0. The van der Waals surface area contributed by atoms with Crippen LogP contribution in [0.25, 0.3) is 0 Å². The average molecular weight is 260 g/mol. The van der Waals surface area contributed by atoms with Gasteiger partial charge in [-0.2, -0.15) is 0 Å². The first-order valence-electron chi connectivity index (χ1n) is 7.47. The minimum atomic E-state index is 0.121. The Labute approximate surface area is 113 Å². The molecule has 0 aromatic heterocycles. The van der Waals surface area contributed by atoms with Gasteiger partial charge in [-0.25, -0.2) is 0 Å². The van der Waals surface area contributed by atoms with Gasteiger partial charge >= 0.3 is 0 Å². The number of rotatable bonds is 2. The third-order valence-corrected chi connectivity index (χ3v) is 8.46. The molecule has 1 saturated heterocycles. The molecule has 18 heavy (non-hydrogen) atoms. The summed E-state index contributed by atoms with van der Waals surface area (Å²) in [4.78, 5) is 0. The predicted octanol–water partition coefficient (Wildman–Crippen LogP) is 4.73. The SMILES string of the molecule is CC1C[C@H](C)C1c1ccccc1P1C(C)C[C@@H]1C. The van der Waals surface area contributed by atoms with Crippen molar-refractivity contribution in [3.05, 3.63) is 29.8 Å². The van der Waals surface area contributed by atoms with E-state index in [0.29, 0.717) is 0 Å². The van der Waals surface area contributed by atoms with Crippen molar-refractivity contribution in [2.45, 2.75) is 57.8 Å². The van der Waals surface area contributed by atoms with Crippen LogP contribution in [0.4, 0.5) is 0 Å². The molecule has 0 radical (unpaired) electrons. The molecule has 0 nitrogen and oxygen atoms in total. The van der Waals surface area contributed by atoms with E-state index in [1.807, 2.05) is 0 Å². The van der Waals surface area contributed by atoms with Crippen LogP contribution in [0.15, 0.2) is 24.3 Å². The van der Waals surface area contributed by atoms with Gasteiger partial charge in [-0.3, -0.25) is 0 Å². The van der Waals surface area contributed by atoms with E-state index < -0.39 is 0 Å². The van der Waals surface area contributed by atoms with Gasteiger partial charge in [0.05, 0.1) is 0 Å². The second-order valence-electron chi connectivity index (χ2n) is 6.62. The van der Waals surface area contributed by atoms with E-state index in [2.05, 4.69) is 52.0 Å². The van der Waals surface area contributed by atoms with Gasteiger partial charge in [0.2, 0.25) is 0 Å². The van der Waals surface area contributed by atoms with Crippen LogP contribution < -0.4 is 5.30 Å². The fraction of sp³-hybridized carbons (Fsp3) is 0.647. The van der Waals surface area contributed by atoms with Gasteiger partial charge < -0.3 is 0 Å². The summed E-state index contributed by atoms with van der Waals surface area (Å²) >= 11 is 0. The Morgan fingerprint density at radius 1 is 0.889 bits per heavy atom. The zero-order valence-electron chi connectivity index (χ0n) is 12.1. The highest BCUT2D eigenvalue weighted by atomic mass is 31.1. The Bertz CT molecular complexity index is 382. The molecule has 1 aliphatic carbocycles. The lowest BCUT2D eigenvalue weighted by Gasteiger charge is -2.47. The van der Waals surface area contributed by atoms with Gasteiger partial charge in [0.25, 0.3) is 0 Å². The van der Waals surface area contributed by atoms with Crippen molar-refractivity contribution in [3.63, 3.8) is 0 Å². The molecule has 2 fully saturated rings. The summed E-state index contributed by atoms with van der Waals surface area (Å²) in [5.41, 5.74) is 3.59. The highest BCUT2D eigenvalue weighted by Crippen LogP contribution is 2.60. The molecule has 4 unspecified atom stereocenters. The molecule has 0 N–H and O–H groups in total. The molecular weight excluding hydrogens is 235 g/mol. The van der Waals surface area contributed by atoms with E-state index in [9.17, 15) is 0 Å². The molecule has 2 aliphatic rings. The Morgan fingerprint density at radius 2 is 1.50 bits per heavy atom. The largest absolute Gasteiger partial charge is 0.0692 e. The summed E-state index contributed by atoms with van der Waals surface area (Å²) in [5.74, 6) is 2.62. The van der Waals surface area contributed by atoms with Crippen LogP contribution in [0.3, 0.4) is 0 Å². The Morgan fingerprint density at radius 3 is 2.06 bits per heavy atom. The summed E-state index contributed by atoms with van der Waals surface area (Å²) in [6.45, 7) is 9.77. The summed E-state index contributed by atoms with van der Waals surface area (Å²) in [6, 6.07) is 9.37. The number of hydrogen-bond acceptors (Lipinski definition) is 0. The monoisotopic (exact) mass is 260 g/mol. The smallest absolute Gasteiger partial charge is 0.0104 e. The van der Waals surface area contributed by atoms with Gasteiger partial charge in [-0.1, -0.05) is 59.9 Å². The summed E-state index contributed by atoms with van der Waals surface area (Å²) in [7, 11) is 0.121. The standard InChI is InChI=1S/C17H25P/c1-11-9-12(2)17(11)15-7-5-6-8-16(15)18-13(3)10-14(18)4/h5-8,11-14,17H,9-10H2,1-4H3/t11-,12?,13-,14?,17?,18?/m0/s1. The first-order valence-corrected chi connectivity index (χ1v) is 8.95. The fourth-order valence-electron chi connectivity index (χ4n) is 4.35. The van der Waals surface area contributed by atoms with Gasteiger partial charge in [0.15, 0.2) is 0 Å². The lowest BCUT2D eigenvalue weighted by molar-refractivity contribution is 0.176. The van der Waals surface area contributed by atoms with Crippen LogP contribution >= 0.6 is 7.92 Å². The van der Waals surface area contributed by atoms with Crippen molar-refractivity contribution >= 4 is 13.2 Å². The highest BCUT2D eigenvalue weighted by Gasteiger charge is 2.41. The zero-order valence-corrected chi connectivity index (χ0v) is 13.0. The van der Waals surface area contributed by atoms with Crippen LogP contribution in [0.2, 0.25) is 0 Å². The Kier molecular flexibility index (Phi) is 3.27. The molecule has 1 aromatic rings. The molecule has 0 amide bonds. The van der Waals surface area contributed by atoms with E-state index >= 15 is 0 Å². The molecule has 3 rings (SSSR count). The van der Waals surface area contributed by atoms with Crippen LogP contribution in [0, 0.1) is 11.8 Å². The first kappa shape index (κ1) is 12.7. The molecule has 6 atom stereocenters. The third-order valence-electron chi connectivity index (χ3n) is 5.18. The maximum absolute atomic E-state index is 2.45. The van der Waals surface area contributed by atoms with E-state index in [4.69, 9.17) is 0 Å². The third kappa shape index (κ3) is 1.85. The van der Waals surface area contributed by atoms with Crippen molar-refractivity contribution < 1.29 is 0 Å². The second-order valence-corrected chi connectivity index (χ2v) is 9.68. The highest BCUT2D eigenvalue weighted by molar-refractivity contribution is 7.68. The molecule has 1 heteroatoms. The molecule has 0 spiro atoms. The lowest BCUT2D eigenvalue weighted by Crippen LogP contribution is -2.38.